The predicted octanol–water partition coefficient (Wildman–Crippen LogP) is 1.17. The molecule has 0 aliphatic heterocycles. The molecule has 2 rings (SSSR count). The van der Waals surface area contributed by atoms with E-state index in [0.717, 1.165) is 25.7 Å². The lowest BCUT2D eigenvalue weighted by Gasteiger charge is -2.25. The number of nitrogens with one attached hydrogen (secondary N) is 1. The number of carbonyl (C=O) groups is 1. The number of carbonyl (C=O) groups excluding carboxylic acids is 1. The molecule has 0 aromatic carbocycles. The van der Waals surface area contributed by atoms with Crippen LogP contribution in [0.2, 0.25) is 0 Å². The molecule has 2 saturated carbocycles. The van der Waals surface area contributed by atoms with Crippen LogP contribution in [-0.2, 0) is 4.79 Å². The van der Waals surface area contributed by atoms with Crippen LogP contribution >= 0.6 is 0 Å². The van der Waals surface area contributed by atoms with Gasteiger partial charge in [0.2, 0.25) is 5.91 Å². The van der Waals surface area contributed by atoms with Crippen LogP contribution in [0.3, 0.4) is 0 Å². The first kappa shape index (κ1) is 9.97. The zero-order chi connectivity index (χ0) is 9.97. The number of rotatable bonds is 3. The molecule has 2 unspecified atom stereocenters. The highest BCUT2D eigenvalue weighted by Crippen LogP contribution is 2.29. The molecule has 14 heavy (non-hydrogen) atoms. The van der Waals surface area contributed by atoms with Crippen LogP contribution in [0.15, 0.2) is 0 Å². The van der Waals surface area contributed by atoms with Crippen LogP contribution in [0.5, 0.6) is 0 Å². The Morgan fingerprint density at radius 3 is 2.57 bits per heavy atom. The van der Waals surface area contributed by atoms with E-state index in [2.05, 4.69) is 5.32 Å². The van der Waals surface area contributed by atoms with Gasteiger partial charge in [0.25, 0.3) is 0 Å². The third kappa shape index (κ3) is 2.47. The molecule has 0 aromatic rings. The van der Waals surface area contributed by atoms with Crippen molar-refractivity contribution in [2.45, 2.75) is 57.0 Å². The maximum atomic E-state index is 11.6. The van der Waals surface area contributed by atoms with Gasteiger partial charge in [-0.25, -0.2) is 0 Å². The van der Waals surface area contributed by atoms with Crippen molar-refractivity contribution in [1.82, 2.24) is 5.32 Å². The third-order valence-electron chi connectivity index (χ3n) is 3.54. The van der Waals surface area contributed by atoms with Crippen LogP contribution in [0, 0.1) is 5.92 Å². The normalized spacial score (nSPS) is 32.6. The highest BCUT2D eigenvalue weighted by molar-refractivity contribution is 5.76. The Hall–Kier alpha value is -0.570. The van der Waals surface area contributed by atoms with Crippen molar-refractivity contribution >= 4 is 5.91 Å². The average molecular weight is 196 g/mol. The Kier molecular flexibility index (Phi) is 3.06. The SMILES string of the molecule is NC1CCC(NC(=O)CC2CCC2)C1. The molecule has 3 nitrogen and oxygen atoms in total. The van der Waals surface area contributed by atoms with E-state index < -0.39 is 0 Å². The molecule has 2 aliphatic carbocycles. The van der Waals surface area contributed by atoms with E-state index in [0.29, 0.717) is 18.0 Å². The van der Waals surface area contributed by atoms with Gasteiger partial charge >= 0.3 is 0 Å². The molecule has 0 aromatic heterocycles. The van der Waals surface area contributed by atoms with Gasteiger partial charge in [0.15, 0.2) is 0 Å². The van der Waals surface area contributed by atoms with Gasteiger partial charge in [-0.05, 0) is 38.0 Å². The summed E-state index contributed by atoms with van der Waals surface area (Å²) < 4.78 is 0. The topological polar surface area (TPSA) is 55.1 Å². The molecule has 0 spiro atoms. The summed E-state index contributed by atoms with van der Waals surface area (Å²) in [5.74, 6) is 0.916. The molecular weight excluding hydrogens is 176 g/mol. The Bertz CT molecular complexity index is 213. The fourth-order valence-corrected chi connectivity index (χ4v) is 2.39. The summed E-state index contributed by atoms with van der Waals surface area (Å²) in [5, 5.41) is 3.09. The molecule has 2 atom stereocenters. The lowest BCUT2D eigenvalue weighted by atomic mass is 9.83. The van der Waals surface area contributed by atoms with Crippen LogP contribution in [-0.4, -0.2) is 18.0 Å². The molecule has 0 radical (unpaired) electrons. The largest absolute Gasteiger partial charge is 0.353 e. The zero-order valence-corrected chi connectivity index (χ0v) is 8.67. The molecule has 1 amide bonds. The van der Waals surface area contributed by atoms with E-state index in [1.165, 1.54) is 19.3 Å². The van der Waals surface area contributed by atoms with E-state index in [9.17, 15) is 4.79 Å². The smallest absolute Gasteiger partial charge is 0.220 e. The van der Waals surface area contributed by atoms with E-state index in [-0.39, 0.29) is 5.91 Å². The van der Waals surface area contributed by atoms with Crippen LogP contribution in [0.4, 0.5) is 0 Å². The van der Waals surface area contributed by atoms with Gasteiger partial charge in [0.05, 0.1) is 0 Å². The average Bonchev–Trinajstić information content (AvgIpc) is 2.44. The van der Waals surface area contributed by atoms with Crippen molar-refractivity contribution in [3.05, 3.63) is 0 Å². The van der Waals surface area contributed by atoms with Gasteiger partial charge in [0.1, 0.15) is 0 Å². The fourth-order valence-electron chi connectivity index (χ4n) is 2.39. The highest BCUT2D eigenvalue weighted by Gasteiger charge is 2.25. The van der Waals surface area contributed by atoms with E-state index in [1.807, 2.05) is 0 Å². The maximum Gasteiger partial charge on any atom is 0.220 e. The molecular formula is C11H20N2O. The van der Waals surface area contributed by atoms with Crippen LogP contribution in [0.25, 0.3) is 0 Å². The first-order chi connectivity index (χ1) is 6.74. The summed E-state index contributed by atoms with van der Waals surface area (Å²) in [7, 11) is 0. The second kappa shape index (κ2) is 4.30. The van der Waals surface area contributed by atoms with Crippen molar-refractivity contribution in [2.24, 2.45) is 11.7 Å². The predicted molar refractivity (Wildman–Crippen MR) is 55.7 cm³/mol. The summed E-state index contributed by atoms with van der Waals surface area (Å²) >= 11 is 0. The van der Waals surface area contributed by atoms with Crippen LogP contribution in [0.1, 0.15) is 44.9 Å². The van der Waals surface area contributed by atoms with Gasteiger partial charge in [-0.3, -0.25) is 4.79 Å². The molecule has 3 N–H and O–H groups in total. The number of hydrogen-bond acceptors (Lipinski definition) is 2. The molecule has 0 heterocycles. The van der Waals surface area contributed by atoms with Gasteiger partial charge in [-0.2, -0.15) is 0 Å². The number of hydrogen-bond donors (Lipinski definition) is 2. The lowest BCUT2D eigenvalue weighted by Crippen LogP contribution is -2.35. The van der Waals surface area contributed by atoms with Gasteiger partial charge < -0.3 is 11.1 Å². The Balaban J connectivity index is 1.66. The first-order valence-electron chi connectivity index (χ1n) is 5.79. The zero-order valence-electron chi connectivity index (χ0n) is 8.67. The van der Waals surface area contributed by atoms with Crippen molar-refractivity contribution in [3.8, 4) is 0 Å². The summed E-state index contributed by atoms with van der Waals surface area (Å²) in [6.45, 7) is 0. The Labute approximate surface area is 85.4 Å². The monoisotopic (exact) mass is 196 g/mol. The lowest BCUT2D eigenvalue weighted by molar-refractivity contribution is -0.123. The molecule has 2 fully saturated rings. The molecule has 2 aliphatic rings. The highest BCUT2D eigenvalue weighted by atomic mass is 16.1. The number of amides is 1. The minimum Gasteiger partial charge on any atom is -0.353 e. The van der Waals surface area contributed by atoms with Gasteiger partial charge in [-0.15, -0.1) is 0 Å². The van der Waals surface area contributed by atoms with Crippen molar-refractivity contribution in [3.63, 3.8) is 0 Å². The van der Waals surface area contributed by atoms with E-state index >= 15 is 0 Å². The minimum atomic E-state index is 0.244. The van der Waals surface area contributed by atoms with Gasteiger partial charge in [-0.1, -0.05) is 6.42 Å². The Morgan fingerprint density at radius 1 is 1.29 bits per heavy atom. The maximum absolute atomic E-state index is 11.6. The fraction of sp³-hybridized carbons (Fsp3) is 0.909. The van der Waals surface area contributed by atoms with Crippen molar-refractivity contribution in [1.29, 1.82) is 0 Å². The second-order valence-corrected chi connectivity index (χ2v) is 4.84. The standard InChI is InChI=1S/C11H20N2O/c12-9-4-5-10(7-9)13-11(14)6-8-2-1-3-8/h8-10H,1-7,12H2,(H,13,14). The summed E-state index contributed by atoms with van der Waals surface area (Å²) in [4.78, 5) is 11.6. The summed E-state index contributed by atoms with van der Waals surface area (Å²) in [6.07, 6.45) is 7.65. The third-order valence-corrected chi connectivity index (χ3v) is 3.54. The van der Waals surface area contributed by atoms with Crippen molar-refractivity contribution in [2.75, 3.05) is 0 Å². The first-order valence-corrected chi connectivity index (χ1v) is 5.79. The summed E-state index contributed by atoms with van der Waals surface area (Å²) in [6, 6.07) is 0.668. The van der Waals surface area contributed by atoms with E-state index in [4.69, 9.17) is 5.73 Å². The molecule has 0 bridgehead atoms. The Morgan fingerprint density at radius 2 is 2.07 bits per heavy atom. The molecule has 80 valence electrons. The summed E-state index contributed by atoms with van der Waals surface area (Å²) in [5.41, 5.74) is 5.79. The van der Waals surface area contributed by atoms with E-state index in [1.54, 1.807) is 0 Å². The minimum absolute atomic E-state index is 0.244. The quantitative estimate of drug-likeness (QED) is 0.712. The molecule has 0 saturated heterocycles. The van der Waals surface area contributed by atoms with Gasteiger partial charge in [0, 0.05) is 18.5 Å². The number of nitrogens with two attached hydrogens (primary N) is 1. The van der Waals surface area contributed by atoms with Crippen LogP contribution < -0.4 is 11.1 Å². The van der Waals surface area contributed by atoms with Crippen molar-refractivity contribution < 1.29 is 4.79 Å². The second-order valence-electron chi connectivity index (χ2n) is 4.84. The molecule has 3 heteroatoms.